The Balaban J connectivity index is 1.47. The summed E-state index contributed by atoms with van der Waals surface area (Å²) in [4.78, 5) is 23.3. The maximum Gasteiger partial charge on any atom is 0.431 e. The van der Waals surface area contributed by atoms with Gasteiger partial charge < -0.3 is 15.2 Å². The van der Waals surface area contributed by atoms with E-state index in [1.165, 1.54) is 18.3 Å². The van der Waals surface area contributed by atoms with Gasteiger partial charge in [-0.05, 0) is 62.3 Å². The van der Waals surface area contributed by atoms with E-state index in [1.807, 2.05) is 6.20 Å². The zero-order valence-corrected chi connectivity index (χ0v) is 20.1. The molecule has 4 aromatic rings. The van der Waals surface area contributed by atoms with E-state index in [4.69, 9.17) is 9.97 Å². The molecule has 4 aromatic heterocycles. The van der Waals surface area contributed by atoms with Crippen molar-refractivity contribution < 1.29 is 13.2 Å². The van der Waals surface area contributed by atoms with Crippen molar-refractivity contribution in [3.8, 4) is 11.4 Å². The van der Waals surface area contributed by atoms with Gasteiger partial charge in [-0.1, -0.05) is 12.5 Å². The molecule has 0 spiro atoms. The minimum absolute atomic E-state index is 0.161. The van der Waals surface area contributed by atoms with Crippen LogP contribution in [0.5, 0.6) is 0 Å². The average Bonchev–Trinajstić information content (AvgIpc) is 3.32. The Bertz CT molecular complexity index is 1540. The SMILES string of the molecule is FC(F)(F)c1cc2c(-c3nc(N4CCCC5NCCC=C54)c4c(C5CCC5)cncc4n3)ccnc2[nH]1. The van der Waals surface area contributed by atoms with Gasteiger partial charge >= 0.3 is 6.18 Å². The Hall–Kier alpha value is -3.53. The van der Waals surface area contributed by atoms with E-state index in [2.05, 4.69) is 31.2 Å². The maximum atomic E-state index is 13.5. The van der Waals surface area contributed by atoms with Gasteiger partial charge in [-0.3, -0.25) is 4.98 Å². The molecule has 10 heteroatoms. The molecule has 1 aliphatic carbocycles. The fourth-order valence-corrected chi connectivity index (χ4v) is 5.89. The second-order valence-electron chi connectivity index (χ2n) is 10.1. The molecule has 190 valence electrons. The molecular formula is C27H26F3N7. The number of aromatic nitrogens is 5. The highest BCUT2D eigenvalue weighted by atomic mass is 19.4. The van der Waals surface area contributed by atoms with E-state index >= 15 is 0 Å². The van der Waals surface area contributed by atoms with Gasteiger partial charge in [-0.25, -0.2) is 15.0 Å². The molecule has 6 heterocycles. The third kappa shape index (κ3) is 3.77. The molecule has 2 fully saturated rings. The molecule has 0 radical (unpaired) electrons. The number of H-pyrrole nitrogens is 1. The number of fused-ring (bicyclic) bond motifs is 3. The first-order valence-corrected chi connectivity index (χ1v) is 12.9. The highest BCUT2D eigenvalue weighted by molar-refractivity contribution is 5.97. The third-order valence-corrected chi connectivity index (χ3v) is 7.93. The number of alkyl halides is 3. The Morgan fingerprint density at radius 1 is 1.05 bits per heavy atom. The first-order chi connectivity index (χ1) is 18.0. The zero-order chi connectivity index (χ0) is 25.1. The molecule has 37 heavy (non-hydrogen) atoms. The quantitative estimate of drug-likeness (QED) is 0.372. The summed E-state index contributed by atoms with van der Waals surface area (Å²) in [6.07, 6.45) is 9.45. The van der Waals surface area contributed by atoms with Crippen LogP contribution in [0.1, 0.15) is 55.7 Å². The number of hydrogen-bond donors (Lipinski definition) is 2. The molecule has 2 N–H and O–H groups in total. The van der Waals surface area contributed by atoms with Gasteiger partial charge in [0.15, 0.2) is 5.82 Å². The van der Waals surface area contributed by atoms with Gasteiger partial charge in [0.1, 0.15) is 17.2 Å². The summed E-state index contributed by atoms with van der Waals surface area (Å²) in [7, 11) is 0. The molecule has 2 aliphatic heterocycles. The van der Waals surface area contributed by atoms with Gasteiger partial charge in [0.2, 0.25) is 0 Å². The summed E-state index contributed by atoms with van der Waals surface area (Å²) in [5.41, 5.74) is 2.94. The molecule has 7 nitrogen and oxygen atoms in total. The minimum Gasteiger partial charge on any atom is -0.336 e. The number of piperidine rings is 1. The van der Waals surface area contributed by atoms with Crippen molar-refractivity contribution in [2.24, 2.45) is 0 Å². The number of nitrogens with one attached hydrogen (secondary N) is 2. The minimum atomic E-state index is -4.50. The number of rotatable bonds is 3. The highest BCUT2D eigenvalue weighted by Crippen LogP contribution is 2.44. The molecule has 7 rings (SSSR count). The van der Waals surface area contributed by atoms with Crippen molar-refractivity contribution in [1.29, 1.82) is 0 Å². The lowest BCUT2D eigenvalue weighted by molar-refractivity contribution is -0.140. The molecular weight excluding hydrogens is 479 g/mol. The monoisotopic (exact) mass is 505 g/mol. The fourth-order valence-electron chi connectivity index (χ4n) is 5.89. The van der Waals surface area contributed by atoms with E-state index in [0.29, 0.717) is 28.2 Å². The third-order valence-electron chi connectivity index (χ3n) is 7.93. The summed E-state index contributed by atoms with van der Waals surface area (Å²) in [5, 5.41) is 4.98. The van der Waals surface area contributed by atoms with Crippen LogP contribution in [0.3, 0.4) is 0 Å². The smallest absolute Gasteiger partial charge is 0.336 e. The standard InChI is InChI=1S/C27H26F3N7/c28-27(29,30)22-12-17-16(8-10-33-24(17)35-22)25-34-20-14-31-13-18(15-4-1-5-15)23(20)26(36-25)37-11-3-6-19-21(37)7-2-9-32-19/h7-8,10,12-15,19,32H,1-6,9,11H2,(H,33,35). The fraction of sp³-hybridized carbons (Fsp3) is 0.407. The van der Waals surface area contributed by atoms with E-state index in [0.717, 1.165) is 68.0 Å². The van der Waals surface area contributed by atoms with Crippen LogP contribution in [0.4, 0.5) is 19.0 Å². The lowest BCUT2D eigenvalue weighted by atomic mass is 9.79. The van der Waals surface area contributed by atoms with Gasteiger partial charge in [0.05, 0.1) is 11.7 Å². The van der Waals surface area contributed by atoms with Crippen LogP contribution < -0.4 is 10.2 Å². The molecule has 0 aromatic carbocycles. The van der Waals surface area contributed by atoms with Crippen LogP contribution in [0.25, 0.3) is 33.3 Å². The van der Waals surface area contributed by atoms with Gasteiger partial charge in [0, 0.05) is 47.0 Å². The van der Waals surface area contributed by atoms with E-state index in [1.54, 1.807) is 12.3 Å². The Morgan fingerprint density at radius 3 is 2.76 bits per heavy atom. The summed E-state index contributed by atoms with van der Waals surface area (Å²) in [6, 6.07) is 3.06. The molecule has 0 amide bonds. The average molecular weight is 506 g/mol. The number of nitrogens with zero attached hydrogens (tertiary/aromatic N) is 5. The molecule has 0 bridgehead atoms. The molecule has 1 saturated heterocycles. The summed E-state index contributed by atoms with van der Waals surface area (Å²) >= 11 is 0. The Kier molecular flexibility index (Phi) is 5.21. The van der Waals surface area contributed by atoms with Crippen molar-refractivity contribution in [1.82, 2.24) is 30.2 Å². The van der Waals surface area contributed by atoms with Crippen LogP contribution in [-0.2, 0) is 6.18 Å². The predicted molar refractivity (Wildman–Crippen MR) is 135 cm³/mol. The van der Waals surface area contributed by atoms with Crippen LogP contribution in [0.2, 0.25) is 0 Å². The van der Waals surface area contributed by atoms with Crippen LogP contribution in [0, 0.1) is 0 Å². The Labute approximate surface area is 211 Å². The van der Waals surface area contributed by atoms with E-state index < -0.39 is 11.9 Å². The molecule has 1 saturated carbocycles. The molecule has 1 atom stereocenters. The van der Waals surface area contributed by atoms with Crippen molar-refractivity contribution in [3.05, 3.63) is 53.8 Å². The van der Waals surface area contributed by atoms with Crippen LogP contribution in [-0.4, -0.2) is 44.1 Å². The van der Waals surface area contributed by atoms with Crippen molar-refractivity contribution in [2.75, 3.05) is 18.0 Å². The van der Waals surface area contributed by atoms with Crippen molar-refractivity contribution in [2.45, 2.75) is 56.7 Å². The second kappa shape index (κ2) is 8.51. The number of halogens is 3. The first-order valence-electron chi connectivity index (χ1n) is 12.9. The van der Waals surface area contributed by atoms with Crippen molar-refractivity contribution >= 4 is 27.8 Å². The van der Waals surface area contributed by atoms with Crippen molar-refractivity contribution in [3.63, 3.8) is 0 Å². The highest BCUT2D eigenvalue weighted by Gasteiger charge is 2.34. The van der Waals surface area contributed by atoms with E-state index in [-0.39, 0.29) is 11.7 Å². The first kappa shape index (κ1) is 22.7. The zero-order valence-electron chi connectivity index (χ0n) is 20.1. The van der Waals surface area contributed by atoms with Gasteiger partial charge in [-0.15, -0.1) is 0 Å². The van der Waals surface area contributed by atoms with Gasteiger partial charge in [-0.2, -0.15) is 13.2 Å². The summed E-state index contributed by atoms with van der Waals surface area (Å²) in [6.45, 7) is 1.79. The van der Waals surface area contributed by atoms with Gasteiger partial charge in [0.25, 0.3) is 0 Å². The number of aromatic amines is 1. The number of pyridine rings is 2. The maximum absolute atomic E-state index is 13.5. The molecule has 3 aliphatic rings. The lowest BCUT2D eigenvalue weighted by Gasteiger charge is -2.40. The summed E-state index contributed by atoms with van der Waals surface area (Å²) < 4.78 is 40.4. The number of anilines is 1. The number of hydrogen-bond acceptors (Lipinski definition) is 6. The van der Waals surface area contributed by atoms with Crippen LogP contribution in [0.15, 0.2) is 42.5 Å². The normalized spacial score (nSPS) is 20.7. The summed E-state index contributed by atoms with van der Waals surface area (Å²) in [5.74, 6) is 1.62. The lowest BCUT2D eigenvalue weighted by Crippen LogP contribution is -2.46. The second-order valence-corrected chi connectivity index (χ2v) is 10.1. The predicted octanol–water partition coefficient (Wildman–Crippen LogP) is 5.70. The van der Waals surface area contributed by atoms with E-state index in [9.17, 15) is 13.2 Å². The topological polar surface area (TPSA) is 82.6 Å². The Morgan fingerprint density at radius 2 is 1.95 bits per heavy atom. The largest absolute Gasteiger partial charge is 0.431 e. The molecule has 1 unspecified atom stereocenters. The van der Waals surface area contributed by atoms with Crippen LogP contribution >= 0.6 is 0 Å².